The fourth-order valence-corrected chi connectivity index (χ4v) is 2.82. The summed E-state index contributed by atoms with van der Waals surface area (Å²) in [5.74, 6) is 0.321. The van der Waals surface area contributed by atoms with Gasteiger partial charge >= 0.3 is 0 Å². The molecular weight excluding hydrogens is 418 g/mol. The molecule has 2 N–H and O–H groups in total. The molecule has 0 aliphatic heterocycles. The lowest BCUT2D eigenvalue weighted by molar-refractivity contribution is -0.123. The zero-order chi connectivity index (χ0) is 22.8. The molecule has 0 aliphatic carbocycles. The van der Waals surface area contributed by atoms with Crippen molar-refractivity contribution in [3.63, 3.8) is 0 Å². The molecule has 2 aromatic carbocycles. The molecule has 0 spiro atoms. The van der Waals surface area contributed by atoms with Gasteiger partial charge in [0.05, 0.1) is 19.9 Å². The third-order valence-corrected chi connectivity index (χ3v) is 4.63. The fourth-order valence-electron chi connectivity index (χ4n) is 2.70. The first-order valence-electron chi connectivity index (χ1n) is 10.1. The van der Waals surface area contributed by atoms with E-state index in [-0.39, 0.29) is 11.8 Å². The van der Waals surface area contributed by atoms with Crippen LogP contribution in [0.15, 0.2) is 47.6 Å². The Kier molecular flexibility index (Phi) is 9.34. The Balaban J connectivity index is 2.01. The van der Waals surface area contributed by atoms with Gasteiger partial charge in [-0.1, -0.05) is 32.4 Å². The molecule has 0 heterocycles. The minimum atomic E-state index is -0.750. The minimum absolute atomic E-state index is 0.137. The summed E-state index contributed by atoms with van der Waals surface area (Å²) in [5, 5.41) is 7.29. The maximum Gasteiger partial charge on any atom is 0.262 e. The van der Waals surface area contributed by atoms with Crippen molar-refractivity contribution in [2.45, 2.75) is 33.2 Å². The molecule has 8 heteroatoms. The van der Waals surface area contributed by atoms with Crippen LogP contribution in [0.3, 0.4) is 0 Å². The van der Waals surface area contributed by atoms with Crippen molar-refractivity contribution in [2.24, 2.45) is 11.0 Å². The fraction of sp³-hybridized carbons (Fsp3) is 0.348. The number of methoxy groups -OCH3 is 1. The van der Waals surface area contributed by atoms with Gasteiger partial charge in [-0.15, -0.1) is 0 Å². The molecule has 0 radical (unpaired) electrons. The Morgan fingerprint density at radius 3 is 2.45 bits per heavy atom. The number of amides is 2. The highest BCUT2D eigenvalue weighted by atomic mass is 35.5. The second-order valence-corrected chi connectivity index (χ2v) is 7.63. The largest absolute Gasteiger partial charge is 0.493 e. The quantitative estimate of drug-likeness (QED) is 0.426. The van der Waals surface area contributed by atoms with E-state index >= 15 is 0 Å². The van der Waals surface area contributed by atoms with E-state index in [0.717, 1.165) is 12.0 Å². The summed E-state index contributed by atoms with van der Waals surface area (Å²) in [5.41, 5.74) is 3.64. The zero-order valence-electron chi connectivity index (χ0n) is 18.1. The molecule has 0 saturated heterocycles. The summed E-state index contributed by atoms with van der Waals surface area (Å²) in [6.45, 7) is 6.31. The van der Waals surface area contributed by atoms with Gasteiger partial charge in [-0.2, -0.15) is 5.10 Å². The Labute approximate surface area is 187 Å². The smallest absolute Gasteiger partial charge is 0.262 e. The standard InChI is InChI=1S/C23H28ClN3O4/c1-5-12-31-19-11-6-16(13-20(19)30-4)14-25-27-23(29)21(15(2)3)26-22(28)17-7-9-18(24)10-8-17/h6-11,13-15,21H,5,12H2,1-4H3,(H,26,28)(H,27,29)/b25-14-. The SMILES string of the molecule is CCCOc1ccc(/C=N\NC(=O)C(NC(=O)c2ccc(Cl)cc2)C(C)C)cc1OC. The molecule has 166 valence electrons. The lowest BCUT2D eigenvalue weighted by Gasteiger charge is -2.20. The number of carbonyl (C=O) groups excluding carboxylic acids is 2. The molecule has 0 bridgehead atoms. The summed E-state index contributed by atoms with van der Waals surface area (Å²) in [7, 11) is 1.56. The monoisotopic (exact) mass is 445 g/mol. The molecule has 31 heavy (non-hydrogen) atoms. The molecule has 0 fully saturated rings. The predicted octanol–water partition coefficient (Wildman–Crippen LogP) is 4.04. The molecule has 1 unspecified atom stereocenters. The van der Waals surface area contributed by atoms with Crippen molar-refractivity contribution >= 4 is 29.6 Å². The first-order valence-corrected chi connectivity index (χ1v) is 10.4. The van der Waals surface area contributed by atoms with Crippen LogP contribution in [0.2, 0.25) is 5.02 Å². The molecule has 2 rings (SSSR count). The van der Waals surface area contributed by atoms with Crippen LogP contribution in [0.5, 0.6) is 11.5 Å². The van der Waals surface area contributed by atoms with Gasteiger partial charge in [0.15, 0.2) is 11.5 Å². The topological polar surface area (TPSA) is 89.0 Å². The van der Waals surface area contributed by atoms with Crippen molar-refractivity contribution < 1.29 is 19.1 Å². The predicted molar refractivity (Wildman–Crippen MR) is 122 cm³/mol. The normalized spacial score (nSPS) is 11.9. The number of nitrogens with one attached hydrogen (secondary N) is 2. The number of benzene rings is 2. The summed E-state index contributed by atoms with van der Waals surface area (Å²) in [6.07, 6.45) is 2.40. The van der Waals surface area contributed by atoms with E-state index in [4.69, 9.17) is 21.1 Å². The number of carbonyl (C=O) groups is 2. The highest BCUT2D eigenvalue weighted by molar-refractivity contribution is 6.30. The van der Waals surface area contributed by atoms with Crippen LogP contribution < -0.4 is 20.2 Å². The van der Waals surface area contributed by atoms with Crippen molar-refractivity contribution in [1.82, 2.24) is 10.7 Å². The second kappa shape index (κ2) is 12.0. The summed E-state index contributed by atoms with van der Waals surface area (Å²) >= 11 is 5.85. The number of hydrogen-bond acceptors (Lipinski definition) is 5. The van der Waals surface area contributed by atoms with E-state index in [1.807, 2.05) is 26.8 Å². The number of hydrazone groups is 1. The van der Waals surface area contributed by atoms with Crippen molar-refractivity contribution in [2.75, 3.05) is 13.7 Å². The Hall–Kier alpha value is -3.06. The van der Waals surface area contributed by atoms with Crippen molar-refractivity contribution in [1.29, 1.82) is 0 Å². The Morgan fingerprint density at radius 2 is 1.84 bits per heavy atom. The number of halogens is 1. The number of rotatable bonds is 10. The van der Waals surface area contributed by atoms with Crippen LogP contribution in [0.4, 0.5) is 0 Å². The third kappa shape index (κ3) is 7.29. The lowest BCUT2D eigenvalue weighted by atomic mass is 10.0. The summed E-state index contributed by atoms with van der Waals surface area (Å²) < 4.78 is 11.0. The van der Waals surface area contributed by atoms with E-state index in [0.29, 0.717) is 28.7 Å². The molecule has 2 aromatic rings. The van der Waals surface area contributed by atoms with Gasteiger partial charge in [0.1, 0.15) is 6.04 Å². The molecule has 1 atom stereocenters. The number of nitrogens with zero attached hydrogens (tertiary/aromatic N) is 1. The maximum absolute atomic E-state index is 12.6. The third-order valence-electron chi connectivity index (χ3n) is 4.38. The maximum atomic E-state index is 12.6. The number of hydrogen-bond donors (Lipinski definition) is 2. The summed E-state index contributed by atoms with van der Waals surface area (Å²) in [4.78, 5) is 25.0. The lowest BCUT2D eigenvalue weighted by Crippen LogP contribution is -2.48. The second-order valence-electron chi connectivity index (χ2n) is 7.20. The van der Waals surface area contributed by atoms with Gasteiger partial charge < -0.3 is 14.8 Å². The molecule has 0 aromatic heterocycles. The van der Waals surface area contributed by atoms with Gasteiger partial charge in [-0.3, -0.25) is 9.59 Å². The van der Waals surface area contributed by atoms with Crippen LogP contribution in [-0.4, -0.2) is 37.8 Å². The highest BCUT2D eigenvalue weighted by Gasteiger charge is 2.24. The Morgan fingerprint density at radius 1 is 1.13 bits per heavy atom. The van der Waals surface area contributed by atoms with Crippen LogP contribution in [0, 0.1) is 5.92 Å². The van der Waals surface area contributed by atoms with Crippen LogP contribution >= 0.6 is 11.6 Å². The van der Waals surface area contributed by atoms with Crippen molar-refractivity contribution in [3.8, 4) is 11.5 Å². The van der Waals surface area contributed by atoms with E-state index < -0.39 is 11.9 Å². The van der Waals surface area contributed by atoms with Gasteiger partial charge in [0.2, 0.25) is 0 Å². The Bertz CT molecular complexity index is 914. The van der Waals surface area contributed by atoms with E-state index in [1.54, 1.807) is 43.5 Å². The first-order chi connectivity index (χ1) is 14.8. The highest BCUT2D eigenvalue weighted by Crippen LogP contribution is 2.27. The van der Waals surface area contributed by atoms with Gasteiger partial charge in [0, 0.05) is 10.6 Å². The summed E-state index contributed by atoms with van der Waals surface area (Å²) in [6, 6.07) is 11.1. The molecule has 0 saturated carbocycles. The molecule has 2 amide bonds. The minimum Gasteiger partial charge on any atom is -0.493 e. The van der Waals surface area contributed by atoms with Crippen LogP contribution in [0.1, 0.15) is 43.1 Å². The number of ether oxygens (including phenoxy) is 2. The average molecular weight is 446 g/mol. The van der Waals surface area contributed by atoms with E-state index in [2.05, 4.69) is 15.8 Å². The van der Waals surface area contributed by atoms with Gasteiger partial charge in [0.25, 0.3) is 11.8 Å². The van der Waals surface area contributed by atoms with Gasteiger partial charge in [-0.05, 0) is 60.4 Å². The first kappa shape index (κ1) is 24.2. The van der Waals surface area contributed by atoms with Gasteiger partial charge in [-0.25, -0.2) is 5.43 Å². The van der Waals surface area contributed by atoms with Crippen LogP contribution in [-0.2, 0) is 4.79 Å². The van der Waals surface area contributed by atoms with E-state index in [9.17, 15) is 9.59 Å². The zero-order valence-corrected chi connectivity index (χ0v) is 18.9. The van der Waals surface area contributed by atoms with Crippen LogP contribution in [0.25, 0.3) is 0 Å². The molecular formula is C23H28ClN3O4. The van der Waals surface area contributed by atoms with E-state index in [1.165, 1.54) is 6.21 Å². The molecule has 0 aliphatic rings. The van der Waals surface area contributed by atoms with Crippen molar-refractivity contribution in [3.05, 3.63) is 58.6 Å². The average Bonchev–Trinajstić information content (AvgIpc) is 2.76. The molecule has 7 nitrogen and oxygen atoms in total.